The molecule has 0 saturated heterocycles. The van der Waals surface area contributed by atoms with E-state index in [9.17, 15) is 4.79 Å². The van der Waals surface area contributed by atoms with Crippen LogP contribution in [-0.4, -0.2) is 5.97 Å². The van der Waals surface area contributed by atoms with Crippen molar-refractivity contribution in [1.29, 1.82) is 0 Å². The second-order valence-corrected chi connectivity index (χ2v) is 5.73. The normalized spacial score (nSPS) is 13.5. The van der Waals surface area contributed by atoms with Crippen LogP contribution >= 0.6 is 0 Å². The highest BCUT2D eigenvalue weighted by Crippen LogP contribution is 2.09. The molecule has 0 aromatic heterocycles. The summed E-state index contributed by atoms with van der Waals surface area (Å²) in [6.45, 7) is 12.0. The first-order valence-electron chi connectivity index (χ1n) is 7.83. The Morgan fingerprint density at radius 2 is 1.68 bits per heavy atom. The first-order valence-corrected chi connectivity index (χ1v) is 7.83. The standard InChI is InChI=1S/C20H30O2/c1-7-19(6)20(21)22-15-14-18(5)13-9-12-17(4)11-8-10-16(2)3/h7,10,12-15H,8-9,11H2,1-6H3/b15-14+,17-12+,18-13+,19-7+. The predicted molar refractivity (Wildman–Crippen MR) is 95.5 cm³/mol. The monoisotopic (exact) mass is 302 g/mol. The van der Waals surface area contributed by atoms with Gasteiger partial charge in [0.05, 0.1) is 6.26 Å². The molecule has 0 rings (SSSR count). The Morgan fingerprint density at radius 3 is 2.27 bits per heavy atom. The molecule has 0 bridgehead atoms. The minimum absolute atomic E-state index is 0.304. The van der Waals surface area contributed by atoms with Crippen LogP contribution in [0.25, 0.3) is 0 Å². The molecule has 0 fully saturated rings. The second-order valence-electron chi connectivity index (χ2n) is 5.73. The van der Waals surface area contributed by atoms with Crippen molar-refractivity contribution in [3.05, 3.63) is 58.9 Å². The van der Waals surface area contributed by atoms with Crippen LogP contribution in [0.5, 0.6) is 0 Å². The van der Waals surface area contributed by atoms with E-state index in [1.54, 1.807) is 13.0 Å². The Balaban J connectivity index is 4.22. The van der Waals surface area contributed by atoms with Gasteiger partial charge in [-0.3, -0.25) is 0 Å². The largest absolute Gasteiger partial charge is 0.431 e. The lowest BCUT2D eigenvalue weighted by molar-refractivity contribution is -0.133. The van der Waals surface area contributed by atoms with Crippen molar-refractivity contribution in [1.82, 2.24) is 0 Å². The van der Waals surface area contributed by atoms with Crippen LogP contribution in [0.1, 0.15) is 60.8 Å². The molecule has 0 N–H and O–H groups in total. The van der Waals surface area contributed by atoms with E-state index in [4.69, 9.17) is 4.74 Å². The molecule has 0 amide bonds. The van der Waals surface area contributed by atoms with Gasteiger partial charge in [0.1, 0.15) is 0 Å². The van der Waals surface area contributed by atoms with Crippen molar-refractivity contribution in [3.8, 4) is 0 Å². The molecule has 2 heteroatoms. The highest BCUT2D eigenvalue weighted by molar-refractivity contribution is 5.88. The average Bonchev–Trinajstić information content (AvgIpc) is 2.45. The van der Waals surface area contributed by atoms with Gasteiger partial charge in [-0.1, -0.05) is 41.0 Å². The first kappa shape index (κ1) is 20.2. The van der Waals surface area contributed by atoms with Gasteiger partial charge in [0.25, 0.3) is 0 Å². The van der Waals surface area contributed by atoms with Gasteiger partial charge in [0.15, 0.2) is 0 Å². The number of allylic oxidation sites excluding steroid dienone is 8. The van der Waals surface area contributed by atoms with Crippen molar-refractivity contribution in [3.63, 3.8) is 0 Å². The predicted octanol–water partition coefficient (Wildman–Crippen LogP) is 6.04. The number of carbonyl (C=O) groups is 1. The lowest BCUT2D eigenvalue weighted by Gasteiger charge is -1.99. The van der Waals surface area contributed by atoms with Crippen LogP contribution in [0.3, 0.4) is 0 Å². The maximum absolute atomic E-state index is 11.4. The van der Waals surface area contributed by atoms with Crippen molar-refractivity contribution < 1.29 is 9.53 Å². The molecule has 0 aliphatic rings. The maximum atomic E-state index is 11.4. The second kappa shape index (κ2) is 11.8. The van der Waals surface area contributed by atoms with E-state index in [0.29, 0.717) is 5.57 Å². The highest BCUT2D eigenvalue weighted by Gasteiger charge is 2.00. The van der Waals surface area contributed by atoms with E-state index in [0.717, 1.165) is 24.8 Å². The van der Waals surface area contributed by atoms with Crippen molar-refractivity contribution in [2.75, 3.05) is 0 Å². The number of esters is 1. The lowest BCUT2D eigenvalue weighted by atomic mass is 10.1. The Labute approximate surface area is 136 Å². The van der Waals surface area contributed by atoms with Crippen molar-refractivity contribution >= 4 is 5.97 Å². The van der Waals surface area contributed by atoms with Gasteiger partial charge < -0.3 is 4.74 Å². The number of ether oxygens (including phenoxy) is 1. The summed E-state index contributed by atoms with van der Waals surface area (Å²) < 4.78 is 5.02. The highest BCUT2D eigenvalue weighted by atomic mass is 16.5. The van der Waals surface area contributed by atoms with Crippen molar-refractivity contribution in [2.45, 2.75) is 60.8 Å². The van der Waals surface area contributed by atoms with E-state index >= 15 is 0 Å². The van der Waals surface area contributed by atoms with E-state index in [-0.39, 0.29) is 5.97 Å². The Bertz CT molecular complexity index is 496. The van der Waals surface area contributed by atoms with Crippen LogP contribution < -0.4 is 0 Å². The van der Waals surface area contributed by atoms with Gasteiger partial charge >= 0.3 is 5.97 Å². The topological polar surface area (TPSA) is 26.3 Å². The molecule has 0 atom stereocenters. The average molecular weight is 302 g/mol. The van der Waals surface area contributed by atoms with Crippen LogP contribution in [-0.2, 0) is 9.53 Å². The molecule has 0 aromatic rings. The van der Waals surface area contributed by atoms with Crippen LogP contribution in [0.15, 0.2) is 58.9 Å². The summed E-state index contributed by atoms with van der Waals surface area (Å²) in [5.74, 6) is -0.304. The fraction of sp³-hybridized carbons (Fsp3) is 0.450. The van der Waals surface area contributed by atoms with Gasteiger partial charge in [-0.05, 0) is 66.9 Å². The summed E-state index contributed by atoms with van der Waals surface area (Å²) in [4.78, 5) is 11.4. The Morgan fingerprint density at radius 1 is 1.00 bits per heavy atom. The first-order chi connectivity index (χ1) is 10.4. The van der Waals surface area contributed by atoms with Gasteiger partial charge in [-0.15, -0.1) is 0 Å². The van der Waals surface area contributed by atoms with Crippen LogP contribution in [0.2, 0.25) is 0 Å². The minimum Gasteiger partial charge on any atom is -0.431 e. The number of hydrogen-bond acceptors (Lipinski definition) is 2. The Hall–Kier alpha value is -1.83. The zero-order valence-electron chi connectivity index (χ0n) is 14.9. The van der Waals surface area contributed by atoms with E-state index in [2.05, 4.69) is 39.0 Å². The van der Waals surface area contributed by atoms with E-state index in [1.165, 1.54) is 17.4 Å². The molecule has 2 nitrogen and oxygen atoms in total. The smallest absolute Gasteiger partial charge is 0.338 e. The molecule has 0 aliphatic carbocycles. The molecule has 0 radical (unpaired) electrons. The summed E-state index contributed by atoms with van der Waals surface area (Å²) >= 11 is 0. The summed E-state index contributed by atoms with van der Waals surface area (Å²) in [6, 6.07) is 0. The minimum atomic E-state index is -0.304. The number of rotatable bonds is 8. The molecule has 0 spiro atoms. The molecule has 122 valence electrons. The molecule has 0 aromatic carbocycles. The lowest BCUT2D eigenvalue weighted by Crippen LogP contribution is -2.00. The SMILES string of the molecule is C/C=C(\C)C(=O)O/C=C/C(C)=C/C/C=C(\C)CCC=C(C)C. The van der Waals surface area contributed by atoms with E-state index in [1.807, 2.05) is 19.9 Å². The third-order valence-electron chi connectivity index (χ3n) is 3.26. The molecular weight excluding hydrogens is 272 g/mol. The molecule has 0 saturated carbocycles. The van der Waals surface area contributed by atoms with Crippen LogP contribution in [0, 0.1) is 0 Å². The molecule has 0 heterocycles. The third kappa shape index (κ3) is 10.9. The van der Waals surface area contributed by atoms with Gasteiger partial charge in [-0.2, -0.15) is 0 Å². The molecule has 0 aliphatic heterocycles. The van der Waals surface area contributed by atoms with Crippen LogP contribution in [0.4, 0.5) is 0 Å². The number of hydrogen-bond donors (Lipinski definition) is 0. The summed E-state index contributed by atoms with van der Waals surface area (Å²) in [5, 5.41) is 0. The van der Waals surface area contributed by atoms with Gasteiger partial charge in [-0.25, -0.2) is 4.79 Å². The fourth-order valence-corrected chi connectivity index (χ4v) is 1.62. The molecular formula is C20H30O2. The third-order valence-corrected chi connectivity index (χ3v) is 3.26. The maximum Gasteiger partial charge on any atom is 0.338 e. The quantitative estimate of drug-likeness (QED) is 0.180. The molecule has 22 heavy (non-hydrogen) atoms. The number of carbonyl (C=O) groups excluding carboxylic acids is 1. The summed E-state index contributed by atoms with van der Waals surface area (Å²) in [6.07, 6.45) is 14.7. The van der Waals surface area contributed by atoms with E-state index < -0.39 is 0 Å². The zero-order valence-corrected chi connectivity index (χ0v) is 14.9. The fourth-order valence-electron chi connectivity index (χ4n) is 1.62. The van der Waals surface area contributed by atoms with Crippen molar-refractivity contribution in [2.24, 2.45) is 0 Å². The zero-order chi connectivity index (χ0) is 17.0. The summed E-state index contributed by atoms with van der Waals surface area (Å²) in [7, 11) is 0. The Kier molecular flexibility index (Phi) is 10.8. The summed E-state index contributed by atoms with van der Waals surface area (Å²) in [5.41, 5.74) is 4.47. The van der Waals surface area contributed by atoms with Gasteiger partial charge in [0.2, 0.25) is 0 Å². The van der Waals surface area contributed by atoms with Gasteiger partial charge in [0, 0.05) is 5.57 Å². The molecule has 0 unspecified atom stereocenters.